The molecule has 1 atom stereocenters. The van der Waals surface area contributed by atoms with Gasteiger partial charge in [0, 0.05) is 38.3 Å². The number of β-amino-alcohol motifs (C(OH)–C–C–N with tert-alkyl or cyclic N) is 1. The maximum Gasteiger partial charge on any atom is 0.134 e. The van der Waals surface area contributed by atoms with Crippen LogP contribution in [0.15, 0.2) is 101 Å². The van der Waals surface area contributed by atoms with Gasteiger partial charge in [-0.3, -0.25) is 9.80 Å². The highest BCUT2D eigenvalue weighted by molar-refractivity contribution is 5.65. The number of furan rings is 1. The number of hydrogen-bond acceptors (Lipinski definition) is 4. The number of hydrogen-bond donors (Lipinski definition) is 1. The number of piperazine rings is 1. The summed E-state index contributed by atoms with van der Waals surface area (Å²) in [5.41, 5.74) is 4.81. The van der Waals surface area contributed by atoms with Crippen molar-refractivity contribution in [2.24, 2.45) is 0 Å². The molecule has 34 heavy (non-hydrogen) atoms. The van der Waals surface area contributed by atoms with Gasteiger partial charge in [0.2, 0.25) is 0 Å². The number of rotatable bonds is 7. The Hall–Kier alpha value is -3.18. The lowest BCUT2D eigenvalue weighted by atomic mass is 9.96. The maximum atomic E-state index is 10.9. The Morgan fingerprint density at radius 1 is 0.765 bits per heavy atom. The van der Waals surface area contributed by atoms with E-state index in [1.807, 2.05) is 31.2 Å². The molecule has 3 aromatic carbocycles. The fourth-order valence-corrected chi connectivity index (χ4v) is 5.00. The van der Waals surface area contributed by atoms with Gasteiger partial charge in [-0.25, -0.2) is 0 Å². The van der Waals surface area contributed by atoms with Crippen molar-refractivity contribution in [2.75, 3.05) is 32.7 Å². The fourth-order valence-electron chi connectivity index (χ4n) is 5.00. The van der Waals surface area contributed by atoms with Gasteiger partial charge in [-0.15, -0.1) is 0 Å². The molecule has 174 valence electrons. The van der Waals surface area contributed by atoms with E-state index in [-0.39, 0.29) is 6.04 Å². The SMILES string of the molecule is Cc1oc(C(O)CN2CCN(C(c3ccccc3)c3ccccc3)CC2)cc1-c1ccccc1. The van der Waals surface area contributed by atoms with E-state index in [2.05, 4.69) is 82.6 Å². The first-order valence-electron chi connectivity index (χ1n) is 12.1. The first-order valence-corrected chi connectivity index (χ1v) is 12.1. The Morgan fingerprint density at radius 2 is 1.29 bits per heavy atom. The molecule has 1 unspecified atom stereocenters. The van der Waals surface area contributed by atoms with Crippen LogP contribution in [0.1, 0.15) is 34.8 Å². The normalized spacial score (nSPS) is 16.1. The van der Waals surface area contributed by atoms with E-state index in [1.54, 1.807) is 0 Å². The van der Waals surface area contributed by atoms with Gasteiger partial charge in [-0.05, 0) is 29.7 Å². The highest BCUT2D eigenvalue weighted by Crippen LogP contribution is 2.32. The molecular formula is C30H32N2O2. The van der Waals surface area contributed by atoms with Gasteiger partial charge in [0.1, 0.15) is 17.6 Å². The minimum atomic E-state index is -0.637. The Morgan fingerprint density at radius 3 is 1.85 bits per heavy atom. The van der Waals surface area contributed by atoms with Crippen molar-refractivity contribution in [3.63, 3.8) is 0 Å². The Balaban J connectivity index is 1.24. The van der Waals surface area contributed by atoms with Crippen LogP contribution >= 0.6 is 0 Å². The van der Waals surface area contributed by atoms with Crippen LogP contribution in [0.3, 0.4) is 0 Å². The number of nitrogens with zero attached hydrogens (tertiary/aromatic N) is 2. The van der Waals surface area contributed by atoms with Crippen LogP contribution in [0.5, 0.6) is 0 Å². The summed E-state index contributed by atoms with van der Waals surface area (Å²) in [4.78, 5) is 4.90. The minimum absolute atomic E-state index is 0.246. The van der Waals surface area contributed by atoms with Crippen LogP contribution in [0.25, 0.3) is 11.1 Å². The standard InChI is InChI=1S/C30H32N2O2/c1-23-27(24-11-5-2-6-12-24)21-29(34-23)28(33)22-31-17-19-32(20-18-31)30(25-13-7-3-8-14-25)26-15-9-4-10-16-26/h2-16,21,28,30,33H,17-20,22H2,1H3. The van der Waals surface area contributed by atoms with E-state index in [0.717, 1.165) is 43.1 Å². The van der Waals surface area contributed by atoms with Crippen LogP contribution < -0.4 is 0 Å². The molecule has 0 bridgehead atoms. The summed E-state index contributed by atoms with van der Waals surface area (Å²) in [5.74, 6) is 1.49. The van der Waals surface area contributed by atoms with Gasteiger partial charge in [-0.1, -0.05) is 91.0 Å². The third kappa shape index (κ3) is 5.00. The summed E-state index contributed by atoms with van der Waals surface area (Å²) in [6.07, 6.45) is -0.637. The smallest absolute Gasteiger partial charge is 0.134 e. The lowest BCUT2D eigenvalue weighted by molar-refractivity contribution is 0.0530. The molecule has 1 saturated heterocycles. The first-order chi connectivity index (χ1) is 16.7. The maximum absolute atomic E-state index is 10.9. The lowest BCUT2D eigenvalue weighted by Crippen LogP contribution is -2.48. The second-order valence-electron chi connectivity index (χ2n) is 9.06. The molecule has 4 heteroatoms. The van der Waals surface area contributed by atoms with Crippen molar-refractivity contribution in [1.82, 2.24) is 9.80 Å². The largest absolute Gasteiger partial charge is 0.463 e. The fraction of sp³-hybridized carbons (Fsp3) is 0.267. The zero-order chi connectivity index (χ0) is 23.3. The van der Waals surface area contributed by atoms with E-state index >= 15 is 0 Å². The molecule has 0 aliphatic carbocycles. The average molecular weight is 453 g/mol. The highest BCUT2D eigenvalue weighted by atomic mass is 16.4. The third-order valence-corrected chi connectivity index (χ3v) is 6.78. The Labute approximate surface area is 202 Å². The predicted molar refractivity (Wildman–Crippen MR) is 137 cm³/mol. The van der Waals surface area contributed by atoms with Gasteiger partial charge < -0.3 is 9.52 Å². The molecule has 1 aliphatic heterocycles. The summed E-state index contributed by atoms with van der Waals surface area (Å²) in [6.45, 7) is 6.28. The molecule has 1 fully saturated rings. The van der Waals surface area contributed by atoms with E-state index in [4.69, 9.17) is 4.42 Å². The second-order valence-corrected chi connectivity index (χ2v) is 9.06. The molecule has 1 aromatic heterocycles. The molecule has 2 heterocycles. The molecule has 0 amide bonds. The molecular weight excluding hydrogens is 420 g/mol. The van der Waals surface area contributed by atoms with Gasteiger partial charge in [0.15, 0.2) is 0 Å². The zero-order valence-corrected chi connectivity index (χ0v) is 19.7. The van der Waals surface area contributed by atoms with Crippen LogP contribution in [-0.2, 0) is 0 Å². The molecule has 1 aliphatic rings. The number of benzene rings is 3. The molecule has 0 saturated carbocycles. The van der Waals surface area contributed by atoms with Crippen molar-refractivity contribution < 1.29 is 9.52 Å². The summed E-state index contributed by atoms with van der Waals surface area (Å²) in [6, 6.07) is 33.9. The summed E-state index contributed by atoms with van der Waals surface area (Å²) in [5, 5.41) is 10.9. The number of aryl methyl sites for hydroxylation is 1. The molecule has 1 N–H and O–H groups in total. The molecule has 4 aromatic rings. The topological polar surface area (TPSA) is 39.9 Å². The zero-order valence-electron chi connectivity index (χ0n) is 19.7. The summed E-state index contributed by atoms with van der Waals surface area (Å²) >= 11 is 0. The molecule has 5 rings (SSSR count). The van der Waals surface area contributed by atoms with Gasteiger partial charge in [0.25, 0.3) is 0 Å². The van der Waals surface area contributed by atoms with Crippen molar-refractivity contribution in [3.8, 4) is 11.1 Å². The average Bonchev–Trinajstić information content (AvgIpc) is 3.29. The summed E-state index contributed by atoms with van der Waals surface area (Å²) < 4.78 is 5.96. The van der Waals surface area contributed by atoms with Crippen LogP contribution in [0, 0.1) is 6.92 Å². The van der Waals surface area contributed by atoms with Crippen LogP contribution in [0.2, 0.25) is 0 Å². The third-order valence-electron chi connectivity index (χ3n) is 6.78. The van der Waals surface area contributed by atoms with E-state index in [1.165, 1.54) is 11.1 Å². The van der Waals surface area contributed by atoms with Crippen LogP contribution in [-0.4, -0.2) is 47.6 Å². The van der Waals surface area contributed by atoms with Crippen molar-refractivity contribution in [3.05, 3.63) is 120 Å². The first kappa shape index (κ1) is 22.6. The Bertz CT molecular complexity index is 1130. The van der Waals surface area contributed by atoms with Gasteiger partial charge in [0.05, 0.1) is 6.04 Å². The summed E-state index contributed by atoms with van der Waals surface area (Å²) in [7, 11) is 0. The molecule has 0 radical (unpaired) electrons. The van der Waals surface area contributed by atoms with E-state index < -0.39 is 6.10 Å². The highest BCUT2D eigenvalue weighted by Gasteiger charge is 2.28. The molecule has 4 nitrogen and oxygen atoms in total. The van der Waals surface area contributed by atoms with Crippen LogP contribution in [0.4, 0.5) is 0 Å². The van der Waals surface area contributed by atoms with E-state index in [0.29, 0.717) is 12.3 Å². The van der Waals surface area contributed by atoms with Gasteiger partial charge in [-0.2, -0.15) is 0 Å². The second kappa shape index (κ2) is 10.4. The quantitative estimate of drug-likeness (QED) is 0.391. The van der Waals surface area contributed by atoms with Crippen molar-refractivity contribution in [2.45, 2.75) is 19.1 Å². The monoisotopic (exact) mass is 452 g/mol. The van der Waals surface area contributed by atoms with Crippen molar-refractivity contribution in [1.29, 1.82) is 0 Å². The lowest BCUT2D eigenvalue weighted by Gasteiger charge is -2.40. The van der Waals surface area contributed by atoms with Crippen molar-refractivity contribution >= 4 is 0 Å². The number of aliphatic hydroxyl groups excluding tert-OH is 1. The van der Waals surface area contributed by atoms with E-state index in [9.17, 15) is 5.11 Å². The van der Waals surface area contributed by atoms with Gasteiger partial charge >= 0.3 is 0 Å². The number of aliphatic hydroxyl groups is 1. The Kier molecular flexibility index (Phi) is 6.91. The predicted octanol–water partition coefficient (Wildman–Crippen LogP) is 5.70. The molecule has 0 spiro atoms. The minimum Gasteiger partial charge on any atom is -0.463 e.